The van der Waals surface area contributed by atoms with Crippen LogP contribution in [0.1, 0.15) is 12.5 Å². The lowest BCUT2D eigenvalue weighted by atomic mass is 9.96. The molecule has 1 aliphatic heterocycles. The summed E-state index contributed by atoms with van der Waals surface area (Å²) in [6.07, 6.45) is -1.41. The van der Waals surface area contributed by atoms with E-state index < -0.39 is 53.3 Å². The van der Waals surface area contributed by atoms with Gasteiger partial charge in [-0.05, 0) is 29.5 Å². The highest BCUT2D eigenvalue weighted by Crippen LogP contribution is 2.32. The van der Waals surface area contributed by atoms with Crippen molar-refractivity contribution in [3.8, 4) is 5.75 Å². The van der Waals surface area contributed by atoms with Crippen molar-refractivity contribution in [2.75, 3.05) is 12.9 Å². The number of ether oxygens (including phenoxy) is 2. The average molecular weight is 465 g/mol. The van der Waals surface area contributed by atoms with E-state index in [1.807, 2.05) is 0 Å². The molecule has 0 saturated carbocycles. The van der Waals surface area contributed by atoms with Crippen molar-refractivity contribution in [2.24, 2.45) is 0 Å². The van der Waals surface area contributed by atoms with Gasteiger partial charge in [-0.25, -0.2) is 0 Å². The summed E-state index contributed by atoms with van der Waals surface area (Å²) in [5, 5.41) is 32.6. The molecule has 0 aromatic heterocycles. The van der Waals surface area contributed by atoms with E-state index in [0.717, 1.165) is 6.26 Å². The third-order valence-electron chi connectivity index (χ3n) is 4.64. The second-order valence-corrected chi connectivity index (χ2v) is 8.79. The molecule has 32 heavy (non-hydrogen) atoms. The highest BCUT2D eigenvalue weighted by molar-refractivity contribution is 7.86. The zero-order chi connectivity index (χ0) is 23.5. The second kappa shape index (κ2) is 9.72. The Bertz CT molecular complexity index is 1110. The Balaban J connectivity index is 1.92. The lowest BCUT2D eigenvalue weighted by Crippen LogP contribution is -2.65. The van der Waals surface area contributed by atoms with Crippen LogP contribution in [-0.2, 0) is 23.8 Å². The molecule has 10 nitrogen and oxygen atoms in total. The molecule has 1 aliphatic carbocycles. The fourth-order valence-corrected chi connectivity index (χ4v) is 3.69. The van der Waals surface area contributed by atoms with Gasteiger partial charge in [-0.3, -0.25) is 4.79 Å². The van der Waals surface area contributed by atoms with E-state index in [2.05, 4.69) is 16.8 Å². The van der Waals surface area contributed by atoms with Gasteiger partial charge in [-0.15, -0.1) is 0 Å². The normalized spacial score (nSPS) is 27.3. The van der Waals surface area contributed by atoms with E-state index in [-0.39, 0.29) is 11.5 Å². The summed E-state index contributed by atoms with van der Waals surface area (Å²) in [6.45, 7) is 0.657. The van der Waals surface area contributed by atoms with Crippen molar-refractivity contribution >= 4 is 21.6 Å². The number of nitrogens with one attached hydrogen (secondary N) is 1. The fourth-order valence-electron chi connectivity index (χ4n) is 3.27. The smallest absolute Gasteiger partial charge is 0.306 e. The van der Waals surface area contributed by atoms with Crippen LogP contribution in [0.4, 0.5) is 0 Å². The predicted octanol–water partition coefficient (Wildman–Crippen LogP) is -0.424. The Morgan fingerprint density at radius 3 is 2.62 bits per heavy atom. The Kier molecular flexibility index (Phi) is 7.22. The molecule has 3 rings (SSSR count). The largest absolute Gasteiger partial charge is 0.462 e. The molecule has 5 unspecified atom stereocenters. The van der Waals surface area contributed by atoms with Crippen LogP contribution in [0, 0.1) is 0 Å². The number of hydrogen-bond donors (Lipinski definition) is 4. The molecule has 4 N–H and O–H groups in total. The van der Waals surface area contributed by atoms with E-state index in [1.165, 1.54) is 13.0 Å². The van der Waals surface area contributed by atoms with Gasteiger partial charge in [-0.1, -0.05) is 23.9 Å². The van der Waals surface area contributed by atoms with Crippen LogP contribution in [0.25, 0.3) is 5.57 Å². The quantitative estimate of drug-likeness (QED) is 0.311. The number of carbonyl (C=O) groups excluding carboxylic acids is 1. The SMILES string of the molecule is CC(=O)NC1C(Oc2ccccc2C2=CC(OS(C)(=O)=O)=C=C=C2)OC(CO)C(O)C1O. The zero-order valence-electron chi connectivity index (χ0n) is 17.3. The van der Waals surface area contributed by atoms with Crippen molar-refractivity contribution in [1.29, 1.82) is 0 Å². The van der Waals surface area contributed by atoms with E-state index in [0.29, 0.717) is 11.1 Å². The summed E-state index contributed by atoms with van der Waals surface area (Å²) < 4.78 is 39.2. The number of para-hydroxylation sites is 1. The molecule has 1 aromatic rings. The molecule has 172 valence electrons. The predicted molar refractivity (Wildman–Crippen MR) is 111 cm³/mol. The van der Waals surface area contributed by atoms with Crippen LogP contribution < -0.4 is 10.1 Å². The molecular weight excluding hydrogens is 442 g/mol. The maximum atomic E-state index is 11.6. The number of carbonyl (C=O) groups is 1. The van der Waals surface area contributed by atoms with Gasteiger partial charge in [0, 0.05) is 12.5 Å². The van der Waals surface area contributed by atoms with Crippen LogP contribution in [0.2, 0.25) is 0 Å². The highest BCUT2D eigenvalue weighted by atomic mass is 32.2. The molecule has 0 radical (unpaired) electrons. The molecule has 11 heteroatoms. The number of benzene rings is 1. The number of aliphatic hydroxyl groups is 3. The summed E-state index contributed by atoms with van der Waals surface area (Å²) in [7, 11) is -3.77. The Morgan fingerprint density at radius 1 is 1.25 bits per heavy atom. The van der Waals surface area contributed by atoms with Gasteiger partial charge in [-0.2, -0.15) is 8.42 Å². The summed E-state index contributed by atoms with van der Waals surface area (Å²) in [5.74, 6) is -0.285. The van der Waals surface area contributed by atoms with Gasteiger partial charge in [0.05, 0.1) is 12.9 Å². The topological polar surface area (TPSA) is 152 Å². The van der Waals surface area contributed by atoms with Crippen LogP contribution in [-0.4, -0.2) is 73.2 Å². The van der Waals surface area contributed by atoms with Crippen molar-refractivity contribution in [3.05, 3.63) is 59.2 Å². The molecule has 1 amide bonds. The Hall–Kier alpha value is -2.88. The molecule has 0 spiro atoms. The molecule has 0 bridgehead atoms. The fraction of sp³-hybridized carbons (Fsp3) is 0.381. The van der Waals surface area contributed by atoms with E-state index in [9.17, 15) is 28.5 Å². The third kappa shape index (κ3) is 5.67. The standard InChI is InChI=1S/C21H23NO9S/c1-12(24)22-18-20(26)19(25)17(11-23)30-21(18)29-16-9-4-3-8-15(16)13-6-5-7-14(10-13)31-32(2,27)28/h3-4,6,8-10,17-21,23,25-26H,11H2,1-2H3,(H,22,24). The van der Waals surface area contributed by atoms with E-state index in [4.69, 9.17) is 13.7 Å². The first-order chi connectivity index (χ1) is 15.1. The minimum atomic E-state index is -3.77. The molecule has 1 aromatic carbocycles. The van der Waals surface area contributed by atoms with Gasteiger partial charge in [0.25, 0.3) is 0 Å². The lowest BCUT2D eigenvalue weighted by molar-refractivity contribution is -0.244. The monoisotopic (exact) mass is 465 g/mol. The van der Waals surface area contributed by atoms with Crippen LogP contribution in [0.5, 0.6) is 5.75 Å². The maximum absolute atomic E-state index is 11.6. The minimum absolute atomic E-state index is 0.0660. The van der Waals surface area contributed by atoms with Crippen molar-refractivity contribution < 1.29 is 42.2 Å². The van der Waals surface area contributed by atoms with Gasteiger partial charge < -0.3 is 34.3 Å². The van der Waals surface area contributed by atoms with Crippen LogP contribution >= 0.6 is 0 Å². The summed E-state index contributed by atoms with van der Waals surface area (Å²) >= 11 is 0. The van der Waals surface area contributed by atoms with Gasteiger partial charge in [0.15, 0.2) is 5.76 Å². The number of hydrogen-bond acceptors (Lipinski definition) is 9. The number of aliphatic hydroxyl groups excluding tert-OH is 3. The van der Waals surface area contributed by atoms with Crippen LogP contribution in [0.15, 0.2) is 53.6 Å². The molecule has 5 atom stereocenters. The summed E-state index contributed by atoms with van der Waals surface area (Å²) in [6, 6.07) is 5.56. The Labute approximate surface area is 184 Å². The molecule has 1 heterocycles. The first-order valence-corrected chi connectivity index (χ1v) is 11.4. The van der Waals surface area contributed by atoms with Gasteiger partial charge >= 0.3 is 10.1 Å². The number of allylic oxidation sites excluding steroid dienone is 3. The number of rotatable bonds is 7. The summed E-state index contributed by atoms with van der Waals surface area (Å²) in [5.41, 5.74) is 6.23. The average Bonchev–Trinajstić information content (AvgIpc) is 2.72. The van der Waals surface area contributed by atoms with E-state index >= 15 is 0 Å². The third-order valence-corrected chi connectivity index (χ3v) is 5.13. The Morgan fingerprint density at radius 2 is 1.97 bits per heavy atom. The van der Waals surface area contributed by atoms with Crippen molar-refractivity contribution in [2.45, 2.75) is 37.6 Å². The van der Waals surface area contributed by atoms with E-state index in [1.54, 1.807) is 30.3 Å². The number of amides is 1. The molecule has 1 saturated heterocycles. The minimum Gasteiger partial charge on any atom is -0.462 e. The first-order valence-electron chi connectivity index (χ1n) is 9.57. The zero-order valence-corrected chi connectivity index (χ0v) is 18.1. The van der Waals surface area contributed by atoms with Gasteiger partial charge in [0.1, 0.15) is 30.1 Å². The molecule has 1 fully saturated rings. The van der Waals surface area contributed by atoms with Crippen LogP contribution in [0.3, 0.4) is 0 Å². The molecule has 2 aliphatic rings. The highest BCUT2D eigenvalue weighted by Gasteiger charge is 2.46. The summed E-state index contributed by atoms with van der Waals surface area (Å²) in [4.78, 5) is 11.6. The van der Waals surface area contributed by atoms with Gasteiger partial charge in [0.2, 0.25) is 12.2 Å². The first kappa shape index (κ1) is 23.8. The van der Waals surface area contributed by atoms with Crippen molar-refractivity contribution in [3.63, 3.8) is 0 Å². The van der Waals surface area contributed by atoms with Crippen molar-refractivity contribution in [1.82, 2.24) is 5.32 Å². The lowest BCUT2D eigenvalue weighted by Gasteiger charge is -2.42. The molecular formula is C21H23NO9S. The maximum Gasteiger partial charge on any atom is 0.306 e. The second-order valence-electron chi connectivity index (χ2n) is 7.21.